The molecule has 0 spiro atoms. The summed E-state index contributed by atoms with van der Waals surface area (Å²) in [7, 11) is 0. The standard InChI is InChI=1S/C13H26N4/c1-2-3-4-5-6-7-8-9-14-10-12-17-13-11-15-16-17/h11,13-14H,2-10,12H2,1H3. The molecular weight excluding hydrogens is 212 g/mol. The van der Waals surface area contributed by atoms with E-state index in [2.05, 4.69) is 22.6 Å². The molecule has 17 heavy (non-hydrogen) atoms. The summed E-state index contributed by atoms with van der Waals surface area (Å²) < 4.78 is 1.86. The fourth-order valence-corrected chi connectivity index (χ4v) is 1.88. The van der Waals surface area contributed by atoms with E-state index in [1.54, 1.807) is 6.20 Å². The zero-order valence-corrected chi connectivity index (χ0v) is 11.1. The fourth-order valence-electron chi connectivity index (χ4n) is 1.88. The lowest BCUT2D eigenvalue weighted by Crippen LogP contribution is -2.21. The number of hydrogen-bond acceptors (Lipinski definition) is 3. The predicted octanol–water partition coefficient (Wildman–Crippen LogP) is 2.62. The number of hydrogen-bond donors (Lipinski definition) is 1. The molecule has 0 radical (unpaired) electrons. The molecule has 0 amide bonds. The molecule has 0 unspecified atom stereocenters. The van der Waals surface area contributed by atoms with Gasteiger partial charge in [0.15, 0.2) is 0 Å². The van der Waals surface area contributed by atoms with Gasteiger partial charge in [-0.25, -0.2) is 0 Å². The zero-order valence-electron chi connectivity index (χ0n) is 11.1. The molecule has 0 aliphatic carbocycles. The van der Waals surface area contributed by atoms with Crippen molar-refractivity contribution in [3.05, 3.63) is 12.4 Å². The van der Waals surface area contributed by atoms with Gasteiger partial charge in [-0.3, -0.25) is 4.68 Å². The highest BCUT2D eigenvalue weighted by Gasteiger charge is 1.92. The van der Waals surface area contributed by atoms with Crippen LogP contribution in [0.5, 0.6) is 0 Å². The van der Waals surface area contributed by atoms with Gasteiger partial charge in [0.25, 0.3) is 0 Å². The molecule has 1 aromatic heterocycles. The van der Waals surface area contributed by atoms with E-state index < -0.39 is 0 Å². The van der Waals surface area contributed by atoms with Crippen LogP contribution in [-0.2, 0) is 6.54 Å². The van der Waals surface area contributed by atoms with Crippen molar-refractivity contribution in [2.45, 2.75) is 58.4 Å². The van der Waals surface area contributed by atoms with Crippen LogP contribution >= 0.6 is 0 Å². The Morgan fingerprint density at radius 3 is 2.47 bits per heavy atom. The van der Waals surface area contributed by atoms with Gasteiger partial charge in [0.1, 0.15) is 0 Å². The Balaban J connectivity index is 1.76. The molecule has 0 bridgehead atoms. The molecule has 1 aromatic rings. The van der Waals surface area contributed by atoms with Crippen molar-refractivity contribution in [3.8, 4) is 0 Å². The lowest BCUT2D eigenvalue weighted by Gasteiger charge is -2.04. The summed E-state index contributed by atoms with van der Waals surface area (Å²) >= 11 is 0. The third-order valence-electron chi connectivity index (χ3n) is 2.95. The van der Waals surface area contributed by atoms with Gasteiger partial charge in [0.2, 0.25) is 0 Å². The van der Waals surface area contributed by atoms with Crippen molar-refractivity contribution in [2.75, 3.05) is 13.1 Å². The Morgan fingerprint density at radius 1 is 1.00 bits per heavy atom. The average molecular weight is 238 g/mol. The first-order valence-electron chi connectivity index (χ1n) is 6.98. The third-order valence-corrected chi connectivity index (χ3v) is 2.95. The molecule has 0 aliphatic heterocycles. The van der Waals surface area contributed by atoms with Gasteiger partial charge in [0, 0.05) is 12.7 Å². The van der Waals surface area contributed by atoms with Gasteiger partial charge < -0.3 is 5.32 Å². The van der Waals surface area contributed by atoms with Gasteiger partial charge in [-0.2, -0.15) is 0 Å². The van der Waals surface area contributed by atoms with E-state index in [-0.39, 0.29) is 0 Å². The minimum Gasteiger partial charge on any atom is -0.315 e. The lowest BCUT2D eigenvalue weighted by molar-refractivity contribution is 0.518. The smallest absolute Gasteiger partial charge is 0.0692 e. The number of rotatable bonds is 11. The topological polar surface area (TPSA) is 42.7 Å². The van der Waals surface area contributed by atoms with Gasteiger partial charge in [-0.05, 0) is 13.0 Å². The summed E-state index contributed by atoms with van der Waals surface area (Å²) in [6.45, 7) is 5.29. The van der Waals surface area contributed by atoms with Crippen LogP contribution in [0.15, 0.2) is 12.4 Å². The molecule has 4 heteroatoms. The summed E-state index contributed by atoms with van der Waals surface area (Å²) in [5.41, 5.74) is 0. The molecule has 1 heterocycles. The molecule has 0 fully saturated rings. The molecule has 0 aliphatic rings. The van der Waals surface area contributed by atoms with Crippen LogP contribution in [0.4, 0.5) is 0 Å². The molecule has 4 nitrogen and oxygen atoms in total. The Labute approximate surface area is 105 Å². The summed E-state index contributed by atoms with van der Waals surface area (Å²) in [4.78, 5) is 0. The Morgan fingerprint density at radius 2 is 1.76 bits per heavy atom. The van der Waals surface area contributed by atoms with Crippen LogP contribution in [0.3, 0.4) is 0 Å². The summed E-state index contributed by atoms with van der Waals surface area (Å²) in [5.74, 6) is 0. The molecule has 0 atom stereocenters. The van der Waals surface area contributed by atoms with Gasteiger partial charge >= 0.3 is 0 Å². The molecule has 0 saturated heterocycles. The van der Waals surface area contributed by atoms with Crippen LogP contribution in [0, 0.1) is 0 Å². The van der Waals surface area contributed by atoms with Crippen LogP contribution in [-0.4, -0.2) is 28.1 Å². The third kappa shape index (κ3) is 7.91. The number of aromatic nitrogens is 3. The Bertz CT molecular complexity index is 246. The second-order valence-corrected chi connectivity index (χ2v) is 4.54. The van der Waals surface area contributed by atoms with E-state index in [4.69, 9.17) is 0 Å². The van der Waals surface area contributed by atoms with Crippen molar-refractivity contribution < 1.29 is 0 Å². The maximum atomic E-state index is 3.92. The van der Waals surface area contributed by atoms with Crippen molar-refractivity contribution in [1.82, 2.24) is 20.3 Å². The maximum absolute atomic E-state index is 3.92. The minimum atomic E-state index is 0.913. The molecule has 0 aromatic carbocycles. The summed E-state index contributed by atoms with van der Waals surface area (Å²) in [5, 5.41) is 11.1. The van der Waals surface area contributed by atoms with Crippen molar-refractivity contribution in [3.63, 3.8) is 0 Å². The van der Waals surface area contributed by atoms with E-state index in [9.17, 15) is 0 Å². The first-order chi connectivity index (χ1) is 8.43. The van der Waals surface area contributed by atoms with Crippen molar-refractivity contribution in [2.24, 2.45) is 0 Å². The number of nitrogens with zero attached hydrogens (tertiary/aromatic N) is 3. The molecule has 0 saturated carbocycles. The first kappa shape index (κ1) is 14.2. The van der Waals surface area contributed by atoms with Crippen LogP contribution < -0.4 is 5.32 Å². The lowest BCUT2D eigenvalue weighted by atomic mass is 10.1. The Hall–Kier alpha value is -0.900. The monoisotopic (exact) mass is 238 g/mol. The molecule has 1 rings (SSSR count). The quantitative estimate of drug-likeness (QED) is 0.603. The Kier molecular flexibility index (Phi) is 8.55. The highest BCUT2D eigenvalue weighted by molar-refractivity contribution is 4.64. The first-order valence-corrected chi connectivity index (χ1v) is 6.98. The zero-order chi connectivity index (χ0) is 12.2. The molecule has 1 N–H and O–H groups in total. The largest absolute Gasteiger partial charge is 0.315 e. The molecule has 98 valence electrons. The SMILES string of the molecule is CCCCCCCCCNCCn1ccnn1. The molecular formula is C13H26N4. The van der Waals surface area contributed by atoms with E-state index in [0.29, 0.717) is 0 Å². The van der Waals surface area contributed by atoms with Crippen molar-refractivity contribution in [1.29, 1.82) is 0 Å². The highest BCUT2D eigenvalue weighted by Crippen LogP contribution is 2.06. The summed E-state index contributed by atoms with van der Waals surface area (Å²) in [6, 6.07) is 0. The summed E-state index contributed by atoms with van der Waals surface area (Å²) in [6.07, 6.45) is 13.2. The van der Waals surface area contributed by atoms with E-state index in [1.165, 1.54) is 44.9 Å². The van der Waals surface area contributed by atoms with E-state index in [0.717, 1.165) is 19.6 Å². The maximum Gasteiger partial charge on any atom is 0.0692 e. The average Bonchev–Trinajstić information content (AvgIpc) is 2.85. The second-order valence-electron chi connectivity index (χ2n) is 4.54. The highest BCUT2D eigenvalue weighted by atomic mass is 15.4. The van der Waals surface area contributed by atoms with Gasteiger partial charge in [0.05, 0.1) is 12.7 Å². The fraction of sp³-hybridized carbons (Fsp3) is 0.846. The van der Waals surface area contributed by atoms with E-state index >= 15 is 0 Å². The van der Waals surface area contributed by atoms with Crippen molar-refractivity contribution >= 4 is 0 Å². The van der Waals surface area contributed by atoms with Gasteiger partial charge in [-0.1, -0.05) is 50.7 Å². The van der Waals surface area contributed by atoms with Gasteiger partial charge in [-0.15, -0.1) is 5.10 Å². The normalized spacial score (nSPS) is 10.9. The number of nitrogens with one attached hydrogen (secondary N) is 1. The number of unbranched alkanes of at least 4 members (excludes halogenated alkanes) is 6. The van der Waals surface area contributed by atoms with Crippen LogP contribution in [0.2, 0.25) is 0 Å². The van der Waals surface area contributed by atoms with Crippen LogP contribution in [0.1, 0.15) is 51.9 Å². The van der Waals surface area contributed by atoms with E-state index in [1.807, 2.05) is 10.9 Å². The predicted molar refractivity (Wildman–Crippen MR) is 70.9 cm³/mol. The van der Waals surface area contributed by atoms with Crippen LogP contribution in [0.25, 0.3) is 0 Å². The minimum absolute atomic E-state index is 0.913. The second kappa shape index (κ2) is 10.3.